The Morgan fingerprint density at radius 1 is 0.964 bits per heavy atom. The lowest BCUT2D eigenvalue weighted by atomic mass is 10.0. The van der Waals surface area contributed by atoms with E-state index in [0.29, 0.717) is 25.1 Å². The van der Waals surface area contributed by atoms with Gasteiger partial charge in [0.15, 0.2) is 0 Å². The number of nitrogens with one attached hydrogen (secondary N) is 2. The monoisotopic (exact) mass is 382 g/mol. The Bertz CT molecular complexity index is 747. The van der Waals surface area contributed by atoms with E-state index in [1.807, 2.05) is 61.5 Å². The topological polar surface area (TPSA) is 110 Å². The number of rotatable bonds is 10. The average molecular weight is 383 g/mol. The SMILES string of the molecule is Cc1ccc(NC(=O)[C@H](CCCCN)NC(=O)[C@@H](N)Cc2ccccc2)cc1. The fourth-order valence-electron chi connectivity index (χ4n) is 2.87. The zero-order valence-electron chi connectivity index (χ0n) is 16.4. The molecule has 0 aromatic heterocycles. The molecule has 0 spiro atoms. The van der Waals surface area contributed by atoms with Crippen LogP contribution in [-0.2, 0) is 16.0 Å². The molecule has 0 radical (unpaired) electrons. The van der Waals surface area contributed by atoms with E-state index in [1.54, 1.807) is 0 Å². The normalized spacial score (nSPS) is 12.8. The first-order valence-electron chi connectivity index (χ1n) is 9.67. The molecule has 0 unspecified atom stereocenters. The summed E-state index contributed by atoms with van der Waals surface area (Å²) in [6.45, 7) is 2.53. The number of unbranched alkanes of at least 4 members (excludes halogenated alkanes) is 1. The lowest BCUT2D eigenvalue weighted by molar-refractivity contribution is -0.127. The molecule has 0 aliphatic carbocycles. The molecule has 0 saturated heterocycles. The second-order valence-electron chi connectivity index (χ2n) is 7.00. The van der Waals surface area contributed by atoms with Gasteiger partial charge in [0.1, 0.15) is 6.04 Å². The third-order valence-electron chi connectivity index (χ3n) is 4.53. The number of anilines is 1. The van der Waals surface area contributed by atoms with Crippen LogP contribution in [0, 0.1) is 6.92 Å². The molecule has 150 valence electrons. The van der Waals surface area contributed by atoms with Gasteiger partial charge in [0.25, 0.3) is 0 Å². The quantitative estimate of drug-likeness (QED) is 0.472. The van der Waals surface area contributed by atoms with Crippen LogP contribution in [0.25, 0.3) is 0 Å². The fraction of sp³-hybridized carbons (Fsp3) is 0.364. The largest absolute Gasteiger partial charge is 0.343 e. The summed E-state index contributed by atoms with van der Waals surface area (Å²) >= 11 is 0. The van der Waals surface area contributed by atoms with Gasteiger partial charge in [-0.2, -0.15) is 0 Å². The Balaban J connectivity index is 1.98. The highest BCUT2D eigenvalue weighted by Crippen LogP contribution is 2.11. The van der Waals surface area contributed by atoms with Crippen LogP contribution in [-0.4, -0.2) is 30.4 Å². The van der Waals surface area contributed by atoms with Gasteiger partial charge >= 0.3 is 0 Å². The molecule has 2 rings (SSSR count). The second-order valence-corrected chi connectivity index (χ2v) is 7.00. The van der Waals surface area contributed by atoms with Crippen molar-refractivity contribution < 1.29 is 9.59 Å². The Labute approximate surface area is 166 Å². The molecule has 0 aliphatic heterocycles. The highest BCUT2D eigenvalue weighted by atomic mass is 16.2. The van der Waals surface area contributed by atoms with Crippen molar-refractivity contribution in [2.45, 2.75) is 44.7 Å². The predicted octanol–water partition coefficient (Wildman–Crippen LogP) is 2.12. The first-order valence-corrected chi connectivity index (χ1v) is 9.67. The highest BCUT2D eigenvalue weighted by Gasteiger charge is 2.23. The van der Waals surface area contributed by atoms with Crippen LogP contribution in [0.2, 0.25) is 0 Å². The van der Waals surface area contributed by atoms with Gasteiger partial charge in [-0.25, -0.2) is 0 Å². The van der Waals surface area contributed by atoms with E-state index in [-0.39, 0.29) is 11.8 Å². The Morgan fingerprint density at radius 3 is 2.29 bits per heavy atom. The molecule has 6 N–H and O–H groups in total. The van der Waals surface area contributed by atoms with Gasteiger partial charge in [-0.3, -0.25) is 9.59 Å². The first kappa shape index (κ1) is 21.6. The minimum atomic E-state index is -0.716. The van der Waals surface area contributed by atoms with Crippen molar-refractivity contribution in [2.24, 2.45) is 11.5 Å². The van der Waals surface area contributed by atoms with Crippen LogP contribution in [0.1, 0.15) is 30.4 Å². The molecule has 2 atom stereocenters. The zero-order valence-corrected chi connectivity index (χ0v) is 16.4. The summed E-state index contributed by atoms with van der Waals surface area (Å²) in [7, 11) is 0. The van der Waals surface area contributed by atoms with E-state index >= 15 is 0 Å². The summed E-state index contributed by atoms with van der Waals surface area (Å²) in [5.74, 6) is -0.582. The number of aryl methyl sites for hydroxylation is 1. The molecule has 6 nitrogen and oxygen atoms in total. The lowest BCUT2D eigenvalue weighted by Crippen LogP contribution is -2.50. The molecular weight excluding hydrogens is 352 g/mol. The van der Waals surface area contributed by atoms with E-state index in [0.717, 1.165) is 24.0 Å². The molecule has 28 heavy (non-hydrogen) atoms. The summed E-state index contributed by atoms with van der Waals surface area (Å²) in [4.78, 5) is 25.3. The number of carbonyl (C=O) groups excluding carboxylic acids is 2. The van der Waals surface area contributed by atoms with E-state index in [4.69, 9.17) is 11.5 Å². The molecule has 0 aliphatic rings. The predicted molar refractivity (Wildman–Crippen MR) is 113 cm³/mol. The zero-order chi connectivity index (χ0) is 20.4. The second kappa shape index (κ2) is 11.2. The molecule has 0 heterocycles. The highest BCUT2D eigenvalue weighted by molar-refractivity contribution is 5.97. The maximum atomic E-state index is 12.7. The smallest absolute Gasteiger partial charge is 0.246 e. The van der Waals surface area contributed by atoms with Gasteiger partial charge in [0.2, 0.25) is 11.8 Å². The van der Waals surface area contributed by atoms with Gasteiger partial charge in [0, 0.05) is 5.69 Å². The third-order valence-corrected chi connectivity index (χ3v) is 4.53. The molecule has 0 saturated carbocycles. The summed E-state index contributed by atoms with van der Waals surface area (Å²) in [5, 5.41) is 5.67. The van der Waals surface area contributed by atoms with Crippen LogP contribution in [0.4, 0.5) is 5.69 Å². The number of hydrogen-bond acceptors (Lipinski definition) is 4. The van der Waals surface area contributed by atoms with Gasteiger partial charge in [-0.15, -0.1) is 0 Å². The van der Waals surface area contributed by atoms with Crippen molar-refractivity contribution in [3.8, 4) is 0 Å². The number of nitrogens with two attached hydrogens (primary N) is 2. The molecule has 0 bridgehead atoms. The fourth-order valence-corrected chi connectivity index (χ4v) is 2.87. The molecule has 2 amide bonds. The van der Waals surface area contributed by atoms with Crippen LogP contribution < -0.4 is 22.1 Å². The van der Waals surface area contributed by atoms with Crippen molar-refractivity contribution >= 4 is 17.5 Å². The maximum absolute atomic E-state index is 12.7. The van der Waals surface area contributed by atoms with Gasteiger partial charge in [-0.1, -0.05) is 48.0 Å². The Hall–Kier alpha value is -2.70. The number of hydrogen-bond donors (Lipinski definition) is 4. The van der Waals surface area contributed by atoms with Crippen LogP contribution in [0.15, 0.2) is 54.6 Å². The summed E-state index contributed by atoms with van der Waals surface area (Å²) in [6, 6.07) is 15.7. The molecule has 0 fully saturated rings. The molecule has 2 aromatic carbocycles. The minimum Gasteiger partial charge on any atom is -0.343 e. The Morgan fingerprint density at radius 2 is 1.64 bits per heavy atom. The van der Waals surface area contributed by atoms with Gasteiger partial charge in [-0.05, 0) is 56.8 Å². The van der Waals surface area contributed by atoms with Crippen LogP contribution in [0.5, 0.6) is 0 Å². The lowest BCUT2D eigenvalue weighted by Gasteiger charge is -2.21. The Kier molecular flexibility index (Phi) is 8.65. The first-order chi connectivity index (χ1) is 13.5. The standard InChI is InChI=1S/C22H30N4O2/c1-16-10-12-18(13-11-16)25-22(28)20(9-5-6-14-23)26-21(27)19(24)15-17-7-3-2-4-8-17/h2-4,7-8,10-13,19-20H,5-6,9,14-15,23-24H2,1H3,(H,25,28)(H,26,27)/t19-,20-/m0/s1. The van der Waals surface area contributed by atoms with Crippen molar-refractivity contribution in [3.63, 3.8) is 0 Å². The van der Waals surface area contributed by atoms with E-state index in [1.165, 1.54) is 0 Å². The van der Waals surface area contributed by atoms with Crippen molar-refractivity contribution in [1.29, 1.82) is 0 Å². The average Bonchev–Trinajstić information content (AvgIpc) is 2.69. The van der Waals surface area contributed by atoms with Gasteiger partial charge < -0.3 is 22.1 Å². The molecule has 6 heteroatoms. The number of carbonyl (C=O) groups is 2. The maximum Gasteiger partial charge on any atom is 0.246 e. The van der Waals surface area contributed by atoms with E-state index < -0.39 is 12.1 Å². The molecular formula is C22H30N4O2. The van der Waals surface area contributed by atoms with E-state index in [9.17, 15) is 9.59 Å². The minimum absolute atomic E-state index is 0.249. The molecule has 2 aromatic rings. The van der Waals surface area contributed by atoms with Gasteiger partial charge in [0.05, 0.1) is 6.04 Å². The van der Waals surface area contributed by atoms with Crippen molar-refractivity contribution in [3.05, 3.63) is 65.7 Å². The summed E-state index contributed by atoms with van der Waals surface area (Å²) in [6.07, 6.45) is 2.47. The van der Waals surface area contributed by atoms with Crippen molar-refractivity contribution in [2.75, 3.05) is 11.9 Å². The van der Waals surface area contributed by atoms with Crippen molar-refractivity contribution in [1.82, 2.24) is 5.32 Å². The third kappa shape index (κ3) is 7.13. The number of amides is 2. The van der Waals surface area contributed by atoms with E-state index in [2.05, 4.69) is 10.6 Å². The number of benzene rings is 2. The summed E-state index contributed by atoms with van der Waals surface area (Å²) < 4.78 is 0. The van der Waals surface area contributed by atoms with Crippen LogP contribution in [0.3, 0.4) is 0 Å². The van der Waals surface area contributed by atoms with Crippen LogP contribution >= 0.6 is 0 Å². The summed E-state index contributed by atoms with van der Waals surface area (Å²) in [5.41, 5.74) is 14.4.